The van der Waals surface area contributed by atoms with Crippen LogP contribution in [0.2, 0.25) is 0 Å². The number of nitrogens with two attached hydrogens (primary N) is 1. The summed E-state index contributed by atoms with van der Waals surface area (Å²) in [5.74, 6) is 0.398. The van der Waals surface area contributed by atoms with E-state index in [1.54, 1.807) is 12.3 Å². The molecule has 3 N–H and O–H groups in total. The van der Waals surface area contributed by atoms with Crippen LogP contribution in [0.5, 0.6) is 6.01 Å². The van der Waals surface area contributed by atoms with Gasteiger partial charge in [-0.1, -0.05) is 0 Å². The maximum atomic E-state index is 5.74. The van der Waals surface area contributed by atoms with Gasteiger partial charge in [-0.05, 0) is 26.8 Å². The van der Waals surface area contributed by atoms with Gasteiger partial charge >= 0.3 is 6.01 Å². The summed E-state index contributed by atoms with van der Waals surface area (Å²) in [6.45, 7) is 6.45. The van der Waals surface area contributed by atoms with Gasteiger partial charge in [0.05, 0.1) is 19.3 Å². The fraction of sp³-hybridized carbons (Fsp3) is 0.545. The van der Waals surface area contributed by atoms with E-state index >= 15 is 0 Å². The predicted octanol–water partition coefficient (Wildman–Crippen LogP) is 0.688. The first-order valence-electron chi connectivity index (χ1n) is 5.35. The Hall–Kier alpha value is -1.85. The van der Waals surface area contributed by atoms with E-state index in [-0.39, 0.29) is 5.54 Å². The van der Waals surface area contributed by atoms with Gasteiger partial charge in [-0.2, -0.15) is 4.98 Å². The van der Waals surface area contributed by atoms with Crippen LogP contribution in [0.1, 0.15) is 26.5 Å². The van der Waals surface area contributed by atoms with Crippen molar-refractivity contribution in [2.75, 3.05) is 7.11 Å². The second kappa shape index (κ2) is 5.47. The molecule has 0 aliphatic carbocycles. The maximum absolute atomic E-state index is 5.74. The lowest BCUT2D eigenvalue weighted by Gasteiger charge is -2.20. The van der Waals surface area contributed by atoms with E-state index in [1.807, 2.05) is 20.8 Å². The summed E-state index contributed by atoms with van der Waals surface area (Å²) in [6.07, 6.45) is 1.63. The molecule has 94 valence electrons. The molecule has 0 amide bonds. The van der Waals surface area contributed by atoms with Gasteiger partial charge in [0, 0.05) is 11.7 Å². The molecule has 1 aromatic heterocycles. The monoisotopic (exact) mass is 237 g/mol. The molecule has 17 heavy (non-hydrogen) atoms. The van der Waals surface area contributed by atoms with Crippen molar-refractivity contribution in [3.05, 3.63) is 18.0 Å². The quantitative estimate of drug-likeness (QED) is 0.596. The van der Waals surface area contributed by atoms with Crippen LogP contribution in [0.15, 0.2) is 17.3 Å². The zero-order chi connectivity index (χ0) is 12.9. The molecule has 0 aliphatic rings. The van der Waals surface area contributed by atoms with Crippen molar-refractivity contribution in [2.24, 2.45) is 10.7 Å². The fourth-order valence-electron chi connectivity index (χ4n) is 1.15. The highest BCUT2D eigenvalue weighted by molar-refractivity contribution is 5.78. The molecule has 0 unspecified atom stereocenters. The Bertz CT molecular complexity index is 397. The second-order valence-electron chi connectivity index (χ2n) is 4.61. The lowest BCUT2D eigenvalue weighted by Crippen LogP contribution is -2.45. The third kappa shape index (κ3) is 5.14. The highest BCUT2D eigenvalue weighted by atomic mass is 16.5. The largest absolute Gasteiger partial charge is 0.467 e. The van der Waals surface area contributed by atoms with Gasteiger partial charge < -0.3 is 15.8 Å². The van der Waals surface area contributed by atoms with E-state index in [2.05, 4.69) is 20.3 Å². The van der Waals surface area contributed by atoms with Gasteiger partial charge in [0.25, 0.3) is 0 Å². The summed E-state index contributed by atoms with van der Waals surface area (Å²) in [5, 5.41) is 3.07. The van der Waals surface area contributed by atoms with Gasteiger partial charge in [0.15, 0.2) is 5.96 Å². The molecule has 0 aromatic carbocycles. The minimum atomic E-state index is -0.100. The van der Waals surface area contributed by atoms with Crippen LogP contribution >= 0.6 is 0 Å². The molecule has 0 radical (unpaired) electrons. The van der Waals surface area contributed by atoms with Crippen molar-refractivity contribution in [2.45, 2.75) is 32.9 Å². The van der Waals surface area contributed by atoms with Crippen molar-refractivity contribution in [3.63, 3.8) is 0 Å². The van der Waals surface area contributed by atoms with Crippen molar-refractivity contribution >= 4 is 5.96 Å². The lowest BCUT2D eigenvalue weighted by molar-refractivity contribution is 0.378. The minimum Gasteiger partial charge on any atom is -0.467 e. The molecule has 0 saturated carbocycles. The number of aromatic nitrogens is 2. The smallest absolute Gasteiger partial charge is 0.316 e. The molecule has 1 heterocycles. The first-order chi connectivity index (χ1) is 7.90. The minimum absolute atomic E-state index is 0.100. The average Bonchev–Trinajstić information content (AvgIpc) is 2.24. The van der Waals surface area contributed by atoms with Crippen LogP contribution in [0.25, 0.3) is 0 Å². The number of guanidine groups is 1. The van der Waals surface area contributed by atoms with Gasteiger partial charge in [-0.15, -0.1) is 0 Å². The summed E-state index contributed by atoms with van der Waals surface area (Å²) < 4.78 is 4.92. The van der Waals surface area contributed by atoms with E-state index in [0.717, 1.165) is 5.69 Å². The Morgan fingerprint density at radius 3 is 2.82 bits per heavy atom. The normalized spacial score (nSPS) is 12.4. The molecule has 1 rings (SSSR count). The Balaban J connectivity index is 2.62. The zero-order valence-corrected chi connectivity index (χ0v) is 10.7. The Morgan fingerprint density at radius 2 is 2.24 bits per heavy atom. The first kappa shape index (κ1) is 13.2. The number of rotatable bonds is 3. The van der Waals surface area contributed by atoms with E-state index < -0.39 is 0 Å². The van der Waals surface area contributed by atoms with E-state index in [0.29, 0.717) is 18.5 Å². The number of aliphatic imine (C=N–C) groups is 1. The van der Waals surface area contributed by atoms with Gasteiger partial charge in [0.1, 0.15) is 0 Å². The average molecular weight is 237 g/mol. The number of nitrogens with one attached hydrogen (secondary N) is 1. The predicted molar refractivity (Wildman–Crippen MR) is 66.8 cm³/mol. The Labute approximate surface area is 101 Å². The Morgan fingerprint density at radius 1 is 1.53 bits per heavy atom. The highest BCUT2D eigenvalue weighted by Gasteiger charge is 2.09. The maximum Gasteiger partial charge on any atom is 0.316 e. The first-order valence-corrected chi connectivity index (χ1v) is 5.35. The van der Waals surface area contributed by atoms with E-state index in [1.165, 1.54) is 7.11 Å². The van der Waals surface area contributed by atoms with Crippen molar-refractivity contribution in [1.82, 2.24) is 15.3 Å². The molecule has 0 atom stereocenters. The lowest BCUT2D eigenvalue weighted by atomic mass is 10.1. The summed E-state index contributed by atoms with van der Waals surface area (Å²) >= 11 is 0. The SMILES string of the molecule is COc1nccc(CN=C(N)NC(C)(C)C)n1. The number of nitrogens with zero attached hydrogens (tertiary/aromatic N) is 3. The topological polar surface area (TPSA) is 85.4 Å². The third-order valence-electron chi connectivity index (χ3n) is 1.79. The molecular weight excluding hydrogens is 218 g/mol. The van der Waals surface area contributed by atoms with Crippen molar-refractivity contribution in [1.29, 1.82) is 0 Å². The molecular formula is C11H19N5O. The fourth-order valence-corrected chi connectivity index (χ4v) is 1.15. The van der Waals surface area contributed by atoms with Crippen molar-refractivity contribution < 1.29 is 4.74 Å². The molecule has 0 spiro atoms. The van der Waals surface area contributed by atoms with E-state index in [9.17, 15) is 0 Å². The third-order valence-corrected chi connectivity index (χ3v) is 1.79. The molecule has 6 nitrogen and oxygen atoms in total. The molecule has 1 aromatic rings. The molecule has 0 fully saturated rings. The van der Waals surface area contributed by atoms with Crippen LogP contribution in [-0.4, -0.2) is 28.6 Å². The van der Waals surface area contributed by atoms with Crippen LogP contribution < -0.4 is 15.8 Å². The summed E-state index contributed by atoms with van der Waals surface area (Å²) in [4.78, 5) is 12.2. The number of hydrogen-bond acceptors (Lipinski definition) is 4. The zero-order valence-electron chi connectivity index (χ0n) is 10.7. The van der Waals surface area contributed by atoms with Crippen LogP contribution in [0.3, 0.4) is 0 Å². The Kier molecular flexibility index (Phi) is 4.25. The van der Waals surface area contributed by atoms with Crippen LogP contribution in [0.4, 0.5) is 0 Å². The number of ether oxygens (including phenoxy) is 1. The van der Waals surface area contributed by atoms with E-state index in [4.69, 9.17) is 10.5 Å². The van der Waals surface area contributed by atoms with Crippen LogP contribution in [0, 0.1) is 0 Å². The summed E-state index contributed by atoms with van der Waals surface area (Å²) in [6, 6.07) is 2.11. The summed E-state index contributed by atoms with van der Waals surface area (Å²) in [5.41, 5.74) is 6.40. The molecule has 0 aliphatic heterocycles. The number of hydrogen-bond donors (Lipinski definition) is 2. The standard InChI is InChI=1S/C11H19N5O/c1-11(2,3)16-9(12)14-7-8-5-6-13-10(15-8)17-4/h5-6H,7H2,1-4H3,(H3,12,14,16). The molecule has 0 bridgehead atoms. The van der Waals surface area contributed by atoms with Gasteiger partial charge in [0.2, 0.25) is 0 Å². The molecule has 0 saturated heterocycles. The summed E-state index contributed by atoms with van der Waals surface area (Å²) in [7, 11) is 1.53. The van der Waals surface area contributed by atoms with Gasteiger partial charge in [-0.3, -0.25) is 0 Å². The second-order valence-corrected chi connectivity index (χ2v) is 4.61. The molecule has 6 heteroatoms. The number of methoxy groups -OCH3 is 1. The highest BCUT2D eigenvalue weighted by Crippen LogP contribution is 2.03. The van der Waals surface area contributed by atoms with Crippen molar-refractivity contribution in [3.8, 4) is 6.01 Å². The van der Waals surface area contributed by atoms with Crippen LogP contribution in [-0.2, 0) is 6.54 Å². The van der Waals surface area contributed by atoms with Gasteiger partial charge in [-0.25, -0.2) is 9.98 Å².